The van der Waals surface area contributed by atoms with Gasteiger partial charge in [0.05, 0.1) is 19.5 Å². The number of aliphatic hydroxyl groups excluding tert-OH is 3. The predicted octanol–water partition coefficient (Wildman–Crippen LogP) is -2.28. The summed E-state index contributed by atoms with van der Waals surface area (Å²) in [6.45, 7) is 0.581. The summed E-state index contributed by atoms with van der Waals surface area (Å²) in [5.74, 6) is 0.459. The highest BCUT2D eigenvalue weighted by atomic mass is 16.6. The summed E-state index contributed by atoms with van der Waals surface area (Å²) in [5.41, 5.74) is 0.813. The SMILES string of the molecule is N=c1nc2c(ncn2C2O[C@H](CO)[C@@H](O)[C@H]2O)c2n1CCO2. The average Bonchev–Trinajstić information content (AvgIpc) is 3.19. The molecule has 118 valence electrons. The fourth-order valence-electron chi connectivity index (χ4n) is 2.88. The van der Waals surface area contributed by atoms with Gasteiger partial charge in [0.25, 0.3) is 0 Å². The number of rotatable bonds is 2. The molecule has 4 heterocycles. The topological polar surface area (TPSA) is 139 Å². The zero-order valence-electron chi connectivity index (χ0n) is 11.5. The molecule has 0 saturated carbocycles. The van der Waals surface area contributed by atoms with E-state index in [0.717, 1.165) is 0 Å². The molecule has 2 aliphatic heterocycles. The molecule has 0 amide bonds. The van der Waals surface area contributed by atoms with E-state index in [1.165, 1.54) is 10.9 Å². The third kappa shape index (κ3) is 1.72. The quantitative estimate of drug-likeness (QED) is 0.490. The van der Waals surface area contributed by atoms with E-state index >= 15 is 0 Å². The van der Waals surface area contributed by atoms with Gasteiger partial charge in [-0.3, -0.25) is 14.5 Å². The highest BCUT2D eigenvalue weighted by molar-refractivity contribution is 5.76. The van der Waals surface area contributed by atoms with E-state index in [9.17, 15) is 10.2 Å². The molecule has 4 atom stereocenters. The van der Waals surface area contributed by atoms with E-state index in [1.807, 2.05) is 0 Å². The molecule has 22 heavy (non-hydrogen) atoms. The summed E-state index contributed by atoms with van der Waals surface area (Å²) in [7, 11) is 0. The maximum absolute atomic E-state index is 10.1. The molecule has 2 aromatic rings. The Morgan fingerprint density at radius 2 is 2.18 bits per heavy atom. The van der Waals surface area contributed by atoms with Gasteiger partial charge in [-0.1, -0.05) is 0 Å². The van der Waals surface area contributed by atoms with Crippen molar-refractivity contribution < 1.29 is 24.8 Å². The molecular formula is C12H15N5O5. The van der Waals surface area contributed by atoms with E-state index in [-0.39, 0.29) is 5.62 Å². The van der Waals surface area contributed by atoms with E-state index < -0.39 is 31.1 Å². The molecule has 10 nitrogen and oxygen atoms in total. The smallest absolute Gasteiger partial charge is 0.227 e. The molecule has 2 aliphatic rings. The van der Waals surface area contributed by atoms with Crippen molar-refractivity contribution >= 4 is 11.2 Å². The van der Waals surface area contributed by atoms with Crippen molar-refractivity contribution in [3.63, 3.8) is 0 Å². The summed E-state index contributed by atoms with van der Waals surface area (Å²) in [4.78, 5) is 8.40. The van der Waals surface area contributed by atoms with Crippen LogP contribution in [0.5, 0.6) is 5.88 Å². The minimum absolute atomic E-state index is 0.0218. The summed E-state index contributed by atoms with van der Waals surface area (Å²) in [5, 5.41) is 37.1. The minimum atomic E-state index is -1.23. The van der Waals surface area contributed by atoms with Crippen LogP contribution in [0.3, 0.4) is 0 Å². The van der Waals surface area contributed by atoms with E-state index in [4.69, 9.17) is 20.0 Å². The highest BCUT2D eigenvalue weighted by Crippen LogP contribution is 2.33. The number of nitrogens with zero attached hydrogens (tertiary/aromatic N) is 4. The van der Waals surface area contributed by atoms with Crippen LogP contribution in [0.15, 0.2) is 6.33 Å². The molecule has 1 saturated heterocycles. The Labute approximate surface area is 123 Å². The van der Waals surface area contributed by atoms with Crippen LogP contribution >= 0.6 is 0 Å². The summed E-state index contributed by atoms with van der Waals surface area (Å²) < 4.78 is 14.0. The number of fused-ring (bicyclic) bond motifs is 3. The van der Waals surface area contributed by atoms with Gasteiger partial charge in [0.1, 0.15) is 24.9 Å². The number of aliphatic hydroxyl groups is 3. The van der Waals surface area contributed by atoms with Gasteiger partial charge in [0.15, 0.2) is 17.4 Å². The van der Waals surface area contributed by atoms with Crippen LogP contribution in [0.25, 0.3) is 11.2 Å². The third-order valence-corrected chi connectivity index (χ3v) is 4.03. The average molecular weight is 309 g/mol. The van der Waals surface area contributed by atoms with Crippen molar-refractivity contribution in [2.24, 2.45) is 0 Å². The van der Waals surface area contributed by atoms with Gasteiger partial charge < -0.3 is 24.8 Å². The fourth-order valence-corrected chi connectivity index (χ4v) is 2.88. The Hall–Kier alpha value is -2.01. The normalized spacial score (nSPS) is 30.7. The number of imidazole rings is 1. The second-order valence-corrected chi connectivity index (χ2v) is 5.29. The number of nitrogens with one attached hydrogen (secondary N) is 1. The Kier molecular flexibility index (Phi) is 2.94. The van der Waals surface area contributed by atoms with Gasteiger partial charge in [-0.2, -0.15) is 4.98 Å². The van der Waals surface area contributed by atoms with Crippen LogP contribution in [0.2, 0.25) is 0 Å². The van der Waals surface area contributed by atoms with Gasteiger partial charge >= 0.3 is 0 Å². The Morgan fingerprint density at radius 1 is 1.36 bits per heavy atom. The first-order valence-electron chi connectivity index (χ1n) is 6.89. The van der Waals surface area contributed by atoms with Gasteiger partial charge in [-0.05, 0) is 0 Å². The van der Waals surface area contributed by atoms with Gasteiger partial charge in [-0.25, -0.2) is 4.98 Å². The minimum Gasteiger partial charge on any atom is -0.475 e. The maximum Gasteiger partial charge on any atom is 0.227 e. The largest absolute Gasteiger partial charge is 0.475 e. The molecule has 0 spiro atoms. The van der Waals surface area contributed by atoms with Crippen molar-refractivity contribution in [2.45, 2.75) is 31.1 Å². The molecule has 4 N–H and O–H groups in total. The molecule has 0 aromatic carbocycles. The van der Waals surface area contributed by atoms with Crippen LogP contribution in [-0.2, 0) is 11.3 Å². The van der Waals surface area contributed by atoms with Crippen LogP contribution in [0.4, 0.5) is 0 Å². The molecular weight excluding hydrogens is 294 g/mol. The predicted molar refractivity (Wildman–Crippen MR) is 69.9 cm³/mol. The van der Waals surface area contributed by atoms with Crippen molar-refractivity contribution in [1.82, 2.24) is 19.1 Å². The molecule has 0 radical (unpaired) electrons. The van der Waals surface area contributed by atoms with Crippen molar-refractivity contribution in [3.8, 4) is 5.88 Å². The lowest BCUT2D eigenvalue weighted by atomic mass is 10.1. The Balaban J connectivity index is 1.84. The Morgan fingerprint density at radius 3 is 2.91 bits per heavy atom. The molecule has 4 rings (SSSR count). The standard InChI is InChI=1S/C12H15N5O5/c13-12-15-9-6(10-16(12)1-2-21-10)14-4-17(9)11-8(20)7(19)5(3-18)22-11/h4-5,7-8,11,13,18-20H,1-3H2/t5-,7-,8-,11?/m1/s1. The van der Waals surface area contributed by atoms with Crippen LogP contribution in [0, 0.1) is 5.41 Å². The number of aromatic nitrogens is 4. The second kappa shape index (κ2) is 4.74. The first-order valence-corrected chi connectivity index (χ1v) is 6.89. The van der Waals surface area contributed by atoms with Gasteiger partial charge in [-0.15, -0.1) is 0 Å². The first-order chi connectivity index (χ1) is 10.6. The lowest BCUT2D eigenvalue weighted by Gasteiger charge is -2.16. The fraction of sp³-hybridized carbons (Fsp3) is 0.583. The monoisotopic (exact) mass is 309 g/mol. The molecule has 2 aromatic heterocycles. The summed E-state index contributed by atoms with van der Waals surface area (Å²) in [6, 6.07) is 0. The zero-order valence-corrected chi connectivity index (χ0v) is 11.5. The van der Waals surface area contributed by atoms with Crippen molar-refractivity contribution in [1.29, 1.82) is 5.41 Å². The van der Waals surface area contributed by atoms with Gasteiger partial charge in [0.2, 0.25) is 11.5 Å². The lowest BCUT2D eigenvalue weighted by molar-refractivity contribution is -0.0511. The number of ether oxygens (including phenoxy) is 2. The molecule has 0 aliphatic carbocycles. The van der Waals surface area contributed by atoms with E-state index in [1.54, 1.807) is 4.57 Å². The Bertz CT molecular complexity index is 786. The molecule has 0 bridgehead atoms. The van der Waals surface area contributed by atoms with E-state index in [0.29, 0.717) is 30.2 Å². The first kappa shape index (κ1) is 13.6. The summed E-state index contributed by atoms with van der Waals surface area (Å²) >= 11 is 0. The third-order valence-electron chi connectivity index (χ3n) is 4.03. The molecule has 10 heteroatoms. The molecule has 1 fully saturated rings. The lowest BCUT2D eigenvalue weighted by Crippen LogP contribution is -2.33. The van der Waals surface area contributed by atoms with E-state index in [2.05, 4.69) is 9.97 Å². The van der Waals surface area contributed by atoms with Crippen molar-refractivity contribution in [3.05, 3.63) is 11.9 Å². The maximum atomic E-state index is 10.1. The van der Waals surface area contributed by atoms with Gasteiger partial charge in [0, 0.05) is 0 Å². The zero-order chi connectivity index (χ0) is 15.4. The highest BCUT2D eigenvalue weighted by Gasteiger charge is 2.44. The van der Waals surface area contributed by atoms with Crippen LogP contribution < -0.4 is 10.4 Å². The number of hydrogen-bond acceptors (Lipinski definition) is 8. The van der Waals surface area contributed by atoms with Crippen molar-refractivity contribution in [2.75, 3.05) is 13.2 Å². The molecule has 1 unspecified atom stereocenters. The number of hydrogen-bond donors (Lipinski definition) is 4. The second-order valence-electron chi connectivity index (χ2n) is 5.29. The summed E-state index contributed by atoms with van der Waals surface area (Å²) in [6.07, 6.45) is -2.84. The van der Waals surface area contributed by atoms with Crippen LogP contribution in [0.1, 0.15) is 6.23 Å². The van der Waals surface area contributed by atoms with Crippen LogP contribution in [-0.4, -0.2) is 65.9 Å².